The minimum Gasteiger partial charge on any atom is -0.435 e. The maximum atomic E-state index is 13.4. The van der Waals surface area contributed by atoms with Crippen LogP contribution in [0.25, 0.3) is 0 Å². The normalized spacial score (nSPS) is 20.5. The molecule has 0 radical (unpaired) electrons. The Hall–Kier alpha value is -3.47. The lowest BCUT2D eigenvalue weighted by Crippen LogP contribution is -2.41. The predicted molar refractivity (Wildman–Crippen MR) is 110 cm³/mol. The van der Waals surface area contributed by atoms with Crippen molar-refractivity contribution in [2.45, 2.75) is 30.9 Å². The van der Waals surface area contributed by atoms with Gasteiger partial charge in [-0.25, -0.2) is 9.38 Å². The Bertz CT molecular complexity index is 1120. The van der Waals surface area contributed by atoms with Crippen molar-refractivity contribution in [1.82, 2.24) is 4.90 Å². The van der Waals surface area contributed by atoms with Gasteiger partial charge in [-0.2, -0.15) is 8.78 Å². The van der Waals surface area contributed by atoms with Crippen LogP contribution in [0.4, 0.5) is 13.2 Å². The van der Waals surface area contributed by atoms with E-state index in [1.54, 1.807) is 36.4 Å². The van der Waals surface area contributed by atoms with Gasteiger partial charge >= 0.3 is 6.61 Å². The Morgan fingerprint density at radius 1 is 1.26 bits per heavy atom. The van der Waals surface area contributed by atoms with Gasteiger partial charge in [-0.15, -0.1) is 0 Å². The van der Waals surface area contributed by atoms with Gasteiger partial charge in [0.25, 0.3) is 5.91 Å². The molecule has 160 valence electrons. The molecule has 0 spiro atoms. The average molecular weight is 427 g/mol. The average Bonchev–Trinajstić information content (AvgIpc) is 3.57. The molecule has 1 amide bonds. The molecule has 1 atom stereocenters. The summed E-state index contributed by atoms with van der Waals surface area (Å²) in [5, 5.41) is 0. The van der Waals surface area contributed by atoms with Crippen molar-refractivity contribution in [2.75, 3.05) is 13.7 Å². The number of halogens is 3. The molecule has 1 aliphatic heterocycles. The molecule has 1 aliphatic carbocycles. The van der Waals surface area contributed by atoms with Gasteiger partial charge < -0.3 is 10.5 Å². The molecular formula is C23H20F3N3O2. The second kappa shape index (κ2) is 7.99. The van der Waals surface area contributed by atoms with Gasteiger partial charge in [-0.05, 0) is 59.7 Å². The number of likely N-dealkylation sites (N-methyl/N-ethyl adjacent to an activating group) is 1. The Labute approximate surface area is 177 Å². The highest BCUT2D eigenvalue weighted by atomic mass is 19.3. The van der Waals surface area contributed by atoms with E-state index in [0.717, 1.165) is 12.8 Å². The van der Waals surface area contributed by atoms with Crippen molar-refractivity contribution >= 4 is 11.9 Å². The summed E-state index contributed by atoms with van der Waals surface area (Å²) in [6.07, 6.45) is 1.70. The number of guanidine groups is 1. The predicted octanol–water partition coefficient (Wildman–Crippen LogP) is 3.52. The second-order valence-corrected chi connectivity index (χ2v) is 7.47. The zero-order valence-electron chi connectivity index (χ0n) is 16.7. The molecule has 8 heteroatoms. The monoisotopic (exact) mass is 427 g/mol. The molecule has 5 nitrogen and oxygen atoms in total. The van der Waals surface area contributed by atoms with Gasteiger partial charge in [0.2, 0.25) is 0 Å². The summed E-state index contributed by atoms with van der Waals surface area (Å²) in [6, 6.07) is 11.5. The van der Waals surface area contributed by atoms with E-state index in [1.165, 1.54) is 18.0 Å². The van der Waals surface area contributed by atoms with E-state index in [4.69, 9.17) is 10.5 Å². The summed E-state index contributed by atoms with van der Waals surface area (Å²) in [5.74, 6) is 4.89. The van der Waals surface area contributed by atoms with Crippen molar-refractivity contribution in [2.24, 2.45) is 10.7 Å². The number of ether oxygens (including phenoxy) is 1. The SMILES string of the molecule is CN1C(=O)[C@](c2cccc(C#CCF)c2)(c2ccc(OC(F)F)c(C3CC3)c2)N=C1N. The molecule has 2 aliphatic rings. The number of alkyl halides is 3. The summed E-state index contributed by atoms with van der Waals surface area (Å²) in [4.78, 5) is 19.2. The van der Waals surface area contributed by atoms with Crippen molar-refractivity contribution in [3.63, 3.8) is 0 Å². The molecule has 0 bridgehead atoms. The Kier molecular flexibility index (Phi) is 5.36. The summed E-state index contributed by atoms with van der Waals surface area (Å²) >= 11 is 0. The summed E-state index contributed by atoms with van der Waals surface area (Å²) < 4.78 is 42.9. The highest BCUT2D eigenvalue weighted by Crippen LogP contribution is 2.48. The largest absolute Gasteiger partial charge is 0.435 e. The third-order valence-electron chi connectivity index (χ3n) is 5.48. The van der Waals surface area contributed by atoms with Gasteiger partial charge in [0.15, 0.2) is 18.2 Å². The quantitative estimate of drug-likeness (QED) is 0.743. The number of aliphatic imine (C=N–C) groups is 1. The molecule has 2 aromatic rings. The van der Waals surface area contributed by atoms with Gasteiger partial charge in [-0.3, -0.25) is 9.69 Å². The number of amides is 1. The second-order valence-electron chi connectivity index (χ2n) is 7.47. The van der Waals surface area contributed by atoms with Crippen LogP contribution in [0.1, 0.15) is 41.0 Å². The standard InChI is InChI=1S/C23H20F3N3O2/c1-29-20(30)23(28-22(29)27,16-6-2-4-14(12-16)5-3-11-24)17-9-10-19(31-21(25)26)18(13-17)15-7-8-15/h2,4,6,9-10,12-13,15,21H,7-8,11H2,1H3,(H2,27,28)/t23-/m0/s1. The zero-order valence-corrected chi connectivity index (χ0v) is 16.7. The first-order valence-corrected chi connectivity index (χ1v) is 9.75. The van der Waals surface area contributed by atoms with E-state index in [0.29, 0.717) is 22.3 Å². The molecule has 0 saturated heterocycles. The van der Waals surface area contributed by atoms with E-state index in [9.17, 15) is 18.0 Å². The number of rotatable bonds is 5. The highest BCUT2D eigenvalue weighted by molar-refractivity contribution is 6.09. The summed E-state index contributed by atoms with van der Waals surface area (Å²) in [6.45, 7) is -3.74. The van der Waals surface area contributed by atoms with E-state index < -0.39 is 18.8 Å². The van der Waals surface area contributed by atoms with Crippen LogP contribution in [-0.4, -0.2) is 37.1 Å². The lowest BCUT2D eigenvalue weighted by Gasteiger charge is -2.27. The fraction of sp³-hybridized carbons (Fsp3) is 0.304. The highest BCUT2D eigenvalue weighted by Gasteiger charge is 2.50. The number of carbonyl (C=O) groups is 1. The number of carbonyl (C=O) groups excluding carboxylic acids is 1. The molecule has 0 aromatic heterocycles. The molecule has 1 heterocycles. The molecule has 1 fully saturated rings. The first-order valence-electron chi connectivity index (χ1n) is 9.75. The zero-order chi connectivity index (χ0) is 22.2. The molecule has 0 unspecified atom stereocenters. The lowest BCUT2D eigenvalue weighted by molar-refractivity contribution is -0.129. The Balaban J connectivity index is 1.90. The fourth-order valence-corrected chi connectivity index (χ4v) is 3.83. The first-order chi connectivity index (χ1) is 14.9. The topological polar surface area (TPSA) is 67.9 Å². The number of nitrogens with two attached hydrogens (primary N) is 1. The Morgan fingerprint density at radius 2 is 2.00 bits per heavy atom. The van der Waals surface area contributed by atoms with Crippen LogP contribution in [0.15, 0.2) is 47.5 Å². The van der Waals surface area contributed by atoms with Crippen molar-refractivity contribution in [3.05, 3.63) is 64.7 Å². The third kappa shape index (κ3) is 3.72. The fourth-order valence-electron chi connectivity index (χ4n) is 3.83. The number of benzene rings is 2. The molecule has 2 N–H and O–H groups in total. The van der Waals surface area contributed by atoms with Crippen molar-refractivity contribution in [1.29, 1.82) is 0 Å². The van der Waals surface area contributed by atoms with E-state index in [2.05, 4.69) is 16.8 Å². The van der Waals surface area contributed by atoms with Crippen LogP contribution in [0.5, 0.6) is 5.75 Å². The molecular weight excluding hydrogens is 407 g/mol. The minimum atomic E-state index is -2.95. The maximum absolute atomic E-state index is 13.4. The van der Waals surface area contributed by atoms with Crippen LogP contribution >= 0.6 is 0 Å². The van der Waals surface area contributed by atoms with Crippen molar-refractivity contribution < 1.29 is 22.7 Å². The minimum absolute atomic E-state index is 0.0334. The third-order valence-corrected chi connectivity index (χ3v) is 5.48. The molecule has 1 saturated carbocycles. The lowest BCUT2D eigenvalue weighted by atomic mass is 9.81. The smallest absolute Gasteiger partial charge is 0.387 e. The van der Waals surface area contributed by atoms with E-state index >= 15 is 0 Å². The van der Waals surface area contributed by atoms with Gasteiger partial charge in [0, 0.05) is 12.6 Å². The van der Waals surface area contributed by atoms with Gasteiger partial charge in [-0.1, -0.05) is 30.0 Å². The molecule has 31 heavy (non-hydrogen) atoms. The Morgan fingerprint density at radius 3 is 2.61 bits per heavy atom. The van der Waals surface area contributed by atoms with Crippen LogP contribution < -0.4 is 10.5 Å². The number of nitrogens with zero attached hydrogens (tertiary/aromatic N) is 2. The molecule has 4 rings (SSSR count). The van der Waals surface area contributed by atoms with E-state index in [1.807, 2.05) is 0 Å². The van der Waals surface area contributed by atoms with Crippen LogP contribution in [0.3, 0.4) is 0 Å². The summed E-state index contributed by atoms with van der Waals surface area (Å²) in [7, 11) is 1.52. The number of hydrogen-bond acceptors (Lipinski definition) is 4. The van der Waals surface area contributed by atoms with Crippen LogP contribution in [0, 0.1) is 11.8 Å². The van der Waals surface area contributed by atoms with E-state index in [-0.39, 0.29) is 23.5 Å². The first kappa shape index (κ1) is 20.8. The van der Waals surface area contributed by atoms with Crippen molar-refractivity contribution in [3.8, 4) is 17.6 Å². The van der Waals surface area contributed by atoms with Gasteiger partial charge in [0.05, 0.1) is 0 Å². The van der Waals surface area contributed by atoms with Gasteiger partial charge in [0.1, 0.15) is 5.75 Å². The number of hydrogen-bond donors (Lipinski definition) is 1. The molecule has 2 aromatic carbocycles. The van der Waals surface area contributed by atoms with Crippen LogP contribution in [0.2, 0.25) is 0 Å². The summed E-state index contributed by atoms with van der Waals surface area (Å²) in [5.41, 5.74) is 6.62. The van der Waals surface area contributed by atoms with Crippen LogP contribution in [-0.2, 0) is 10.3 Å². The maximum Gasteiger partial charge on any atom is 0.387 e.